The maximum atomic E-state index is 4.99. The van der Waals surface area contributed by atoms with Gasteiger partial charge in [-0.05, 0) is 40.7 Å². The second-order valence-electron chi connectivity index (χ2n) is 8.02. The zero-order chi connectivity index (χ0) is 20.2. The molecule has 29 heavy (non-hydrogen) atoms. The predicted octanol–water partition coefficient (Wildman–Crippen LogP) is 7.84. The molecule has 1 aromatic heterocycles. The summed E-state index contributed by atoms with van der Waals surface area (Å²) >= 11 is 0. The Morgan fingerprint density at radius 3 is 1.55 bits per heavy atom. The third-order valence-electron chi connectivity index (χ3n) is 5.71. The van der Waals surface area contributed by atoms with Gasteiger partial charge in [-0.15, -0.1) is 0 Å². The van der Waals surface area contributed by atoms with Crippen LogP contribution in [0.5, 0.6) is 0 Å². The smallest absolute Gasteiger partial charge is 0.0715 e. The molecule has 0 spiro atoms. The fourth-order valence-corrected chi connectivity index (χ4v) is 3.60. The van der Waals surface area contributed by atoms with Crippen molar-refractivity contribution in [2.24, 2.45) is 5.92 Å². The summed E-state index contributed by atoms with van der Waals surface area (Å²) in [4.78, 5) is 4.99. The SMILES string of the molecule is CC(C)C(C)c1cccc(-c2cc(-c3ccccc3)nc(-c3ccccc3)c2)c1. The molecule has 144 valence electrons. The van der Waals surface area contributed by atoms with Gasteiger partial charge >= 0.3 is 0 Å². The molecule has 1 atom stereocenters. The molecule has 3 aromatic carbocycles. The zero-order valence-corrected chi connectivity index (χ0v) is 17.3. The van der Waals surface area contributed by atoms with Crippen LogP contribution in [0.1, 0.15) is 32.3 Å². The van der Waals surface area contributed by atoms with E-state index in [9.17, 15) is 0 Å². The normalized spacial score (nSPS) is 12.1. The Morgan fingerprint density at radius 2 is 1.03 bits per heavy atom. The summed E-state index contributed by atoms with van der Waals surface area (Å²) in [5, 5.41) is 0. The predicted molar refractivity (Wildman–Crippen MR) is 124 cm³/mol. The van der Waals surface area contributed by atoms with E-state index in [2.05, 4.69) is 106 Å². The average Bonchev–Trinajstić information content (AvgIpc) is 2.79. The average molecular weight is 378 g/mol. The highest BCUT2D eigenvalue weighted by Gasteiger charge is 2.13. The van der Waals surface area contributed by atoms with E-state index in [1.165, 1.54) is 16.7 Å². The third kappa shape index (κ3) is 4.30. The van der Waals surface area contributed by atoms with E-state index >= 15 is 0 Å². The van der Waals surface area contributed by atoms with Gasteiger partial charge in [-0.1, -0.05) is 106 Å². The first-order valence-electron chi connectivity index (χ1n) is 10.3. The Hall–Kier alpha value is -3.19. The molecule has 1 unspecified atom stereocenters. The van der Waals surface area contributed by atoms with Gasteiger partial charge in [0.1, 0.15) is 0 Å². The molecule has 1 heteroatoms. The van der Waals surface area contributed by atoms with E-state index in [-0.39, 0.29) is 0 Å². The maximum Gasteiger partial charge on any atom is 0.0715 e. The van der Waals surface area contributed by atoms with Crippen molar-refractivity contribution in [3.8, 4) is 33.6 Å². The van der Waals surface area contributed by atoms with Crippen LogP contribution in [0.25, 0.3) is 33.6 Å². The van der Waals surface area contributed by atoms with Gasteiger partial charge in [0.05, 0.1) is 11.4 Å². The molecule has 0 aliphatic rings. The van der Waals surface area contributed by atoms with Crippen molar-refractivity contribution < 1.29 is 0 Å². The van der Waals surface area contributed by atoms with Gasteiger partial charge in [-0.25, -0.2) is 4.98 Å². The molecule has 0 bridgehead atoms. The molecule has 0 radical (unpaired) electrons. The molecular formula is C28H27N. The topological polar surface area (TPSA) is 12.9 Å². The van der Waals surface area contributed by atoms with Crippen LogP contribution in [0.3, 0.4) is 0 Å². The highest BCUT2D eigenvalue weighted by molar-refractivity contribution is 5.76. The number of hydrogen-bond donors (Lipinski definition) is 0. The number of nitrogens with zero attached hydrogens (tertiary/aromatic N) is 1. The van der Waals surface area contributed by atoms with Crippen LogP contribution in [-0.2, 0) is 0 Å². The lowest BCUT2D eigenvalue weighted by molar-refractivity contribution is 0.535. The minimum absolute atomic E-state index is 0.527. The molecule has 0 amide bonds. The first-order valence-corrected chi connectivity index (χ1v) is 10.3. The first kappa shape index (κ1) is 19.1. The van der Waals surface area contributed by atoms with Crippen LogP contribution in [0.4, 0.5) is 0 Å². The van der Waals surface area contributed by atoms with Crippen molar-refractivity contribution in [1.29, 1.82) is 0 Å². The lowest BCUT2D eigenvalue weighted by atomic mass is 9.88. The minimum Gasteiger partial charge on any atom is -0.248 e. The first-order chi connectivity index (χ1) is 14.1. The highest BCUT2D eigenvalue weighted by Crippen LogP contribution is 2.32. The summed E-state index contributed by atoms with van der Waals surface area (Å²) in [5.41, 5.74) is 8.11. The molecular weight excluding hydrogens is 350 g/mol. The Kier molecular flexibility index (Phi) is 5.57. The van der Waals surface area contributed by atoms with Crippen LogP contribution in [0.15, 0.2) is 97.1 Å². The zero-order valence-electron chi connectivity index (χ0n) is 17.3. The summed E-state index contributed by atoms with van der Waals surface area (Å²) in [6, 6.07) is 34.2. The minimum atomic E-state index is 0.527. The van der Waals surface area contributed by atoms with E-state index in [1.807, 2.05) is 12.1 Å². The van der Waals surface area contributed by atoms with Crippen LogP contribution in [0, 0.1) is 5.92 Å². The summed E-state index contributed by atoms with van der Waals surface area (Å²) < 4.78 is 0. The van der Waals surface area contributed by atoms with E-state index in [1.54, 1.807) is 0 Å². The fraction of sp³-hybridized carbons (Fsp3) is 0.179. The van der Waals surface area contributed by atoms with Gasteiger partial charge in [0.15, 0.2) is 0 Å². The van der Waals surface area contributed by atoms with E-state index in [0.29, 0.717) is 11.8 Å². The van der Waals surface area contributed by atoms with Crippen LogP contribution < -0.4 is 0 Å². The third-order valence-corrected chi connectivity index (χ3v) is 5.71. The summed E-state index contributed by atoms with van der Waals surface area (Å²) in [7, 11) is 0. The Morgan fingerprint density at radius 1 is 0.517 bits per heavy atom. The second-order valence-corrected chi connectivity index (χ2v) is 8.02. The Labute approximate surface area is 174 Å². The monoisotopic (exact) mass is 377 g/mol. The molecule has 0 saturated carbocycles. The van der Waals surface area contributed by atoms with Crippen molar-refractivity contribution >= 4 is 0 Å². The van der Waals surface area contributed by atoms with Crippen molar-refractivity contribution in [1.82, 2.24) is 4.98 Å². The van der Waals surface area contributed by atoms with Gasteiger partial charge in [-0.2, -0.15) is 0 Å². The highest BCUT2D eigenvalue weighted by atomic mass is 14.7. The molecule has 4 rings (SSSR count). The van der Waals surface area contributed by atoms with Gasteiger partial charge < -0.3 is 0 Å². The molecule has 1 heterocycles. The van der Waals surface area contributed by atoms with Crippen molar-refractivity contribution in [3.05, 3.63) is 103 Å². The molecule has 0 aliphatic heterocycles. The van der Waals surface area contributed by atoms with Crippen LogP contribution >= 0.6 is 0 Å². The molecule has 1 nitrogen and oxygen atoms in total. The molecule has 0 saturated heterocycles. The quantitative estimate of drug-likeness (QED) is 0.345. The van der Waals surface area contributed by atoms with Crippen LogP contribution in [-0.4, -0.2) is 4.98 Å². The fourth-order valence-electron chi connectivity index (χ4n) is 3.60. The number of pyridine rings is 1. The number of benzene rings is 3. The van der Waals surface area contributed by atoms with Crippen molar-refractivity contribution in [2.45, 2.75) is 26.7 Å². The lowest BCUT2D eigenvalue weighted by Gasteiger charge is -2.17. The number of hydrogen-bond acceptors (Lipinski definition) is 1. The van der Waals surface area contributed by atoms with Crippen molar-refractivity contribution in [2.75, 3.05) is 0 Å². The van der Waals surface area contributed by atoms with Gasteiger partial charge in [0, 0.05) is 11.1 Å². The van der Waals surface area contributed by atoms with Crippen molar-refractivity contribution in [3.63, 3.8) is 0 Å². The van der Waals surface area contributed by atoms with Gasteiger partial charge in [0.2, 0.25) is 0 Å². The van der Waals surface area contributed by atoms with Crippen LogP contribution in [0.2, 0.25) is 0 Å². The molecule has 0 aliphatic carbocycles. The van der Waals surface area contributed by atoms with E-state index in [0.717, 1.165) is 22.5 Å². The largest absolute Gasteiger partial charge is 0.248 e. The van der Waals surface area contributed by atoms with Gasteiger partial charge in [-0.3, -0.25) is 0 Å². The summed E-state index contributed by atoms with van der Waals surface area (Å²) in [5.74, 6) is 1.14. The molecule has 4 aromatic rings. The summed E-state index contributed by atoms with van der Waals surface area (Å²) in [6.45, 7) is 6.87. The molecule has 0 fully saturated rings. The second kappa shape index (κ2) is 8.45. The van der Waals surface area contributed by atoms with E-state index < -0.39 is 0 Å². The van der Waals surface area contributed by atoms with Gasteiger partial charge in [0.25, 0.3) is 0 Å². The Balaban J connectivity index is 1.86. The Bertz CT molecular complexity index is 1020. The lowest BCUT2D eigenvalue weighted by Crippen LogP contribution is -2.02. The number of aromatic nitrogens is 1. The summed E-state index contributed by atoms with van der Waals surface area (Å²) in [6.07, 6.45) is 0. The number of rotatable bonds is 5. The standard InChI is InChI=1S/C28H27N/c1-20(2)21(3)24-15-10-16-25(17-24)26-18-27(22-11-6-4-7-12-22)29-28(19-26)23-13-8-5-9-14-23/h4-21H,1-3H3. The van der Waals surface area contributed by atoms with E-state index in [4.69, 9.17) is 4.98 Å². The maximum absolute atomic E-state index is 4.99. The molecule has 0 N–H and O–H groups in total.